The van der Waals surface area contributed by atoms with Crippen molar-refractivity contribution in [1.82, 2.24) is 9.62 Å². The molecule has 0 saturated carbocycles. The average molecular weight is 378 g/mol. The Morgan fingerprint density at radius 2 is 1.69 bits per heavy atom. The number of hydrogen-bond acceptors (Lipinski definition) is 4. The summed E-state index contributed by atoms with van der Waals surface area (Å²) in [7, 11) is -3.47. The van der Waals surface area contributed by atoms with Crippen molar-refractivity contribution in [2.45, 2.75) is 23.8 Å². The molecule has 5 nitrogen and oxygen atoms in total. The number of para-hydroxylation sites is 1. The van der Waals surface area contributed by atoms with E-state index in [9.17, 15) is 12.8 Å². The lowest BCUT2D eigenvalue weighted by atomic mass is 10.1. The van der Waals surface area contributed by atoms with Crippen molar-refractivity contribution in [2.24, 2.45) is 0 Å². The monoisotopic (exact) mass is 378 g/mol. The molecule has 1 saturated heterocycles. The molecule has 0 aliphatic carbocycles. The van der Waals surface area contributed by atoms with Crippen LogP contribution in [-0.2, 0) is 10.0 Å². The zero-order valence-electron chi connectivity index (χ0n) is 14.5. The SMILES string of the molecule is O=S(=O)(NC1CCN(CCOc2ccccc2F)CC1)c1ccccc1. The van der Waals surface area contributed by atoms with Gasteiger partial charge in [-0.25, -0.2) is 17.5 Å². The minimum atomic E-state index is -3.47. The fourth-order valence-electron chi connectivity index (χ4n) is 3.01. The number of benzene rings is 2. The molecule has 0 atom stereocenters. The zero-order valence-corrected chi connectivity index (χ0v) is 15.3. The van der Waals surface area contributed by atoms with E-state index in [0.717, 1.165) is 25.9 Å². The van der Waals surface area contributed by atoms with Crippen LogP contribution in [0.2, 0.25) is 0 Å². The molecule has 0 unspecified atom stereocenters. The van der Waals surface area contributed by atoms with Crippen LogP contribution >= 0.6 is 0 Å². The lowest BCUT2D eigenvalue weighted by Gasteiger charge is -2.32. The molecular weight excluding hydrogens is 355 g/mol. The van der Waals surface area contributed by atoms with Gasteiger partial charge in [-0.3, -0.25) is 4.90 Å². The lowest BCUT2D eigenvalue weighted by molar-refractivity contribution is 0.168. The molecule has 1 heterocycles. The van der Waals surface area contributed by atoms with Gasteiger partial charge in [0.2, 0.25) is 10.0 Å². The van der Waals surface area contributed by atoms with Gasteiger partial charge in [-0.2, -0.15) is 0 Å². The quantitative estimate of drug-likeness (QED) is 0.805. The molecule has 1 aliphatic rings. The van der Waals surface area contributed by atoms with E-state index in [1.165, 1.54) is 6.07 Å². The van der Waals surface area contributed by atoms with Gasteiger partial charge in [0.1, 0.15) is 6.61 Å². The van der Waals surface area contributed by atoms with Crippen LogP contribution in [0.25, 0.3) is 0 Å². The second kappa shape index (κ2) is 8.62. The Labute approximate surface area is 153 Å². The predicted octanol–water partition coefficient (Wildman–Crippen LogP) is 2.65. The van der Waals surface area contributed by atoms with E-state index in [4.69, 9.17) is 4.74 Å². The fraction of sp³-hybridized carbons (Fsp3) is 0.368. The summed E-state index contributed by atoms with van der Waals surface area (Å²) in [6.07, 6.45) is 1.48. The summed E-state index contributed by atoms with van der Waals surface area (Å²) in [5.41, 5.74) is 0. The van der Waals surface area contributed by atoms with E-state index in [0.29, 0.717) is 18.0 Å². The highest BCUT2D eigenvalue weighted by Crippen LogP contribution is 2.17. The van der Waals surface area contributed by atoms with Gasteiger partial charge in [0.05, 0.1) is 4.90 Å². The van der Waals surface area contributed by atoms with Gasteiger partial charge in [-0.1, -0.05) is 30.3 Å². The molecule has 2 aromatic carbocycles. The third kappa shape index (κ3) is 5.03. The largest absolute Gasteiger partial charge is 0.489 e. The Balaban J connectivity index is 1.42. The number of nitrogens with one attached hydrogen (secondary N) is 1. The molecule has 0 amide bonds. The molecule has 140 valence electrons. The van der Waals surface area contributed by atoms with Gasteiger partial charge >= 0.3 is 0 Å². The first-order valence-electron chi connectivity index (χ1n) is 8.72. The van der Waals surface area contributed by atoms with Crippen molar-refractivity contribution < 1.29 is 17.5 Å². The summed E-state index contributed by atoms with van der Waals surface area (Å²) in [6, 6.07) is 14.7. The van der Waals surface area contributed by atoms with Gasteiger partial charge in [-0.15, -0.1) is 0 Å². The highest BCUT2D eigenvalue weighted by atomic mass is 32.2. The third-order valence-electron chi connectivity index (χ3n) is 4.46. The van der Waals surface area contributed by atoms with Gasteiger partial charge in [-0.05, 0) is 50.2 Å². The molecule has 1 aliphatic heterocycles. The normalized spacial score (nSPS) is 16.5. The van der Waals surface area contributed by atoms with Crippen LogP contribution in [0.15, 0.2) is 59.5 Å². The van der Waals surface area contributed by atoms with Crippen molar-refractivity contribution in [3.63, 3.8) is 0 Å². The Hall–Kier alpha value is -1.96. The summed E-state index contributed by atoms with van der Waals surface area (Å²) in [4.78, 5) is 2.49. The van der Waals surface area contributed by atoms with Crippen LogP contribution in [0, 0.1) is 5.82 Å². The minimum Gasteiger partial charge on any atom is -0.489 e. The maximum atomic E-state index is 13.5. The summed E-state index contributed by atoms with van der Waals surface area (Å²) in [5.74, 6) is -0.0977. The second-order valence-electron chi connectivity index (χ2n) is 6.33. The van der Waals surface area contributed by atoms with Crippen molar-refractivity contribution in [3.8, 4) is 5.75 Å². The Morgan fingerprint density at radius 3 is 2.38 bits per heavy atom. The topological polar surface area (TPSA) is 58.6 Å². The molecule has 7 heteroatoms. The summed E-state index contributed by atoms with van der Waals surface area (Å²) in [5, 5.41) is 0. The number of hydrogen-bond donors (Lipinski definition) is 1. The Bertz CT molecular complexity index is 807. The minimum absolute atomic E-state index is 0.0658. The summed E-state index contributed by atoms with van der Waals surface area (Å²) >= 11 is 0. The van der Waals surface area contributed by atoms with E-state index >= 15 is 0 Å². The zero-order chi connectivity index (χ0) is 18.4. The molecule has 0 bridgehead atoms. The van der Waals surface area contributed by atoms with Crippen LogP contribution < -0.4 is 9.46 Å². The molecular formula is C19H23FN2O3S. The number of nitrogens with zero attached hydrogens (tertiary/aromatic N) is 1. The van der Waals surface area contributed by atoms with Gasteiger partial charge in [0.25, 0.3) is 0 Å². The van der Waals surface area contributed by atoms with E-state index in [1.807, 2.05) is 0 Å². The van der Waals surface area contributed by atoms with Crippen LogP contribution in [-0.4, -0.2) is 45.6 Å². The van der Waals surface area contributed by atoms with Gasteiger partial charge < -0.3 is 4.74 Å². The number of rotatable bonds is 7. The molecule has 0 aromatic heterocycles. The van der Waals surface area contributed by atoms with E-state index in [2.05, 4.69) is 9.62 Å². The van der Waals surface area contributed by atoms with Crippen LogP contribution in [0.3, 0.4) is 0 Å². The van der Waals surface area contributed by atoms with Crippen molar-refractivity contribution in [1.29, 1.82) is 0 Å². The first-order valence-corrected chi connectivity index (χ1v) is 10.2. The van der Waals surface area contributed by atoms with Crippen LogP contribution in [0.1, 0.15) is 12.8 Å². The first-order chi connectivity index (χ1) is 12.5. The highest BCUT2D eigenvalue weighted by Gasteiger charge is 2.24. The fourth-order valence-corrected chi connectivity index (χ4v) is 4.33. The predicted molar refractivity (Wildman–Crippen MR) is 98.1 cm³/mol. The van der Waals surface area contributed by atoms with Crippen LogP contribution in [0.5, 0.6) is 5.75 Å². The molecule has 26 heavy (non-hydrogen) atoms. The number of ether oxygens (including phenoxy) is 1. The molecule has 2 aromatic rings. The first kappa shape index (κ1) is 18.8. The standard InChI is InChI=1S/C19H23FN2O3S/c20-18-8-4-5-9-19(18)25-15-14-22-12-10-16(11-13-22)21-26(23,24)17-6-2-1-3-7-17/h1-9,16,21H,10-15H2. The van der Waals surface area contributed by atoms with Crippen LogP contribution in [0.4, 0.5) is 4.39 Å². The summed E-state index contributed by atoms with van der Waals surface area (Å²) < 4.78 is 46.5. The van der Waals surface area contributed by atoms with E-state index in [1.54, 1.807) is 48.5 Å². The number of halogens is 1. The average Bonchev–Trinajstić information content (AvgIpc) is 2.65. The van der Waals surface area contributed by atoms with Gasteiger partial charge in [0.15, 0.2) is 11.6 Å². The van der Waals surface area contributed by atoms with E-state index in [-0.39, 0.29) is 17.6 Å². The summed E-state index contributed by atoms with van der Waals surface area (Å²) in [6.45, 7) is 2.65. The van der Waals surface area contributed by atoms with E-state index < -0.39 is 10.0 Å². The smallest absolute Gasteiger partial charge is 0.240 e. The molecule has 1 fully saturated rings. The lowest BCUT2D eigenvalue weighted by Crippen LogP contribution is -2.45. The second-order valence-corrected chi connectivity index (χ2v) is 8.04. The Kier molecular flexibility index (Phi) is 6.24. The number of piperidine rings is 1. The van der Waals surface area contributed by atoms with Crippen molar-refractivity contribution >= 4 is 10.0 Å². The third-order valence-corrected chi connectivity index (χ3v) is 6.00. The molecule has 3 rings (SSSR count). The maximum Gasteiger partial charge on any atom is 0.240 e. The molecule has 0 radical (unpaired) electrons. The highest BCUT2D eigenvalue weighted by molar-refractivity contribution is 7.89. The Morgan fingerprint density at radius 1 is 1.04 bits per heavy atom. The number of likely N-dealkylation sites (tertiary alicyclic amines) is 1. The van der Waals surface area contributed by atoms with Crippen molar-refractivity contribution in [2.75, 3.05) is 26.2 Å². The van der Waals surface area contributed by atoms with Gasteiger partial charge in [0, 0.05) is 12.6 Å². The maximum absolute atomic E-state index is 13.5. The molecule has 1 N–H and O–H groups in total. The van der Waals surface area contributed by atoms with Crippen molar-refractivity contribution in [3.05, 3.63) is 60.4 Å². The number of sulfonamides is 1. The molecule has 0 spiro atoms.